The van der Waals surface area contributed by atoms with E-state index >= 15 is 0 Å². The third-order valence-electron chi connectivity index (χ3n) is 5.51. The number of nitrogens with one attached hydrogen (secondary N) is 1. The average Bonchev–Trinajstić information content (AvgIpc) is 2.93. The number of hydrogen-bond acceptors (Lipinski definition) is 2. The van der Waals surface area contributed by atoms with E-state index in [-0.39, 0.29) is 0 Å². The van der Waals surface area contributed by atoms with Gasteiger partial charge in [-0.1, -0.05) is 19.1 Å². The van der Waals surface area contributed by atoms with E-state index < -0.39 is 0 Å². The van der Waals surface area contributed by atoms with Gasteiger partial charge in [0.05, 0.1) is 0 Å². The fourth-order valence-corrected chi connectivity index (χ4v) is 4.61. The lowest BCUT2D eigenvalue weighted by atomic mass is 9.72. The van der Waals surface area contributed by atoms with E-state index in [1.807, 2.05) is 0 Å². The van der Waals surface area contributed by atoms with Gasteiger partial charge in [-0.3, -0.25) is 4.90 Å². The van der Waals surface area contributed by atoms with Gasteiger partial charge >= 0.3 is 0 Å². The highest BCUT2D eigenvalue weighted by Gasteiger charge is 2.39. The van der Waals surface area contributed by atoms with Crippen LogP contribution >= 0.6 is 0 Å². The predicted molar refractivity (Wildman–Crippen MR) is 87.6 cm³/mol. The van der Waals surface area contributed by atoms with E-state index in [1.165, 1.54) is 48.8 Å². The number of fused-ring (bicyclic) bond motifs is 2. The van der Waals surface area contributed by atoms with Crippen molar-refractivity contribution in [1.29, 1.82) is 0 Å². The van der Waals surface area contributed by atoms with Crippen LogP contribution < -0.4 is 5.73 Å². The summed E-state index contributed by atoms with van der Waals surface area (Å²) < 4.78 is 0. The number of nitrogens with zero attached hydrogens (tertiary/aromatic N) is 1. The topological polar surface area (TPSA) is 45.0 Å². The Kier molecular flexibility index (Phi) is 3.27. The van der Waals surface area contributed by atoms with Gasteiger partial charge in [0.15, 0.2) is 0 Å². The highest BCUT2D eigenvalue weighted by Crippen LogP contribution is 2.44. The minimum Gasteiger partial charge on any atom is -0.361 e. The SMILES string of the molecule is CCCN1CC(CN)C[C@@H]2c3cccc4[nH]cc(c34)C[C@H]21. The minimum atomic E-state index is 0.647. The van der Waals surface area contributed by atoms with Gasteiger partial charge in [0.25, 0.3) is 0 Å². The molecule has 1 saturated heterocycles. The molecule has 21 heavy (non-hydrogen) atoms. The van der Waals surface area contributed by atoms with Crippen LogP contribution in [0.15, 0.2) is 24.4 Å². The number of likely N-dealkylation sites (tertiary alicyclic amines) is 1. The Bertz CT molecular complexity index is 645. The lowest BCUT2D eigenvalue weighted by Crippen LogP contribution is -2.51. The van der Waals surface area contributed by atoms with Crippen molar-refractivity contribution in [3.05, 3.63) is 35.5 Å². The highest BCUT2D eigenvalue weighted by atomic mass is 15.2. The summed E-state index contributed by atoms with van der Waals surface area (Å²) in [6.07, 6.45) is 5.90. The van der Waals surface area contributed by atoms with Gasteiger partial charge in [-0.2, -0.15) is 0 Å². The molecule has 1 aromatic carbocycles. The van der Waals surface area contributed by atoms with Gasteiger partial charge in [-0.25, -0.2) is 0 Å². The van der Waals surface area contributed by atoms with Gasteiger partial charge < -0.3 is 10.7 Å². The third-order valence-corrected chi connectivity index (χ3v) is 5.51. The quantitative estimate of drug-likeness (QED) is 0.910. The fourth-order valence-electron chi connectivity index (χ4n) is 4.61. The molecule has 3 heteroatoms. The smallest absolute Gasteiger partial charge is 0.0459 e. The third kappa shape index (κ3) is 2.02. The van der Waals surface area contributed by atoms with E-state index in [9.17, 15) is 0 Å². The predicted octanol–water partition coefficient (Wildman–Crippen LogP) is 2.87. The summed E-state index contributed by atoms with van der Waals surface area (Å²) in [7, 11) is 0. The fraction of sp³-hybridized carbons (Fsp3) is 0.556. The molecule has 3 atom stereocenters. The zero-order chi connectivity index (χ0) is 14.4. The van der Waals surface area contributed by atoms with Crippen LogP contribution in [0, 0.1) is 5.92 Å². The second kappa shape index (κ2) is 5.15. The largest absolute Gasteiger partial charge is 0.361 e. The summed E-state index contributed by atoms with van der Waals surface area (Å²) in [5.74, 6) is 1.30. The number of rotatable bonds is 3. The van der Waals surface area contributed by atoms with Crippen LogP contribution in [0.25, 0.3) is 10.9 Å². The van der Waals surface area contributed by atoms with Crippen molar-refractivity contribution < 1.29 is 0 Å². The molecule has 112 valence electrons. The Hall–Kier alpha value is -1.32. The molecule has 2 heterocycles. The Balaban J connectivity index is 1.79. The molecule has 3 nitrogen and oxygen atoms in total. The molecule has 0 radical (unpaired) electrons. The van der Waals surface area contributed by atoms with E-state index in [4.69, 9.17) is 5.73 Å². The lowest BCUT2D eigenvalue weighted by molar-refractivity contribution is 0.0875. The van der Waals surface area contributed by atoms with Gasteiger partial charge in [0.2, 0.25) is 0 Å². The van der Waals surface area contributed by atoms with Crippen LogP contribution in [-0.2, 0) is 6.42 Å². The van der Waals surface area contributed by atoms with Crippen molar-refractivity contribution >= 4 is 10.9 Å². The van der Waals surface area contributed by atoms with Crippen molar-refractivity contribution in [3.63, 3.8) is 0 Å². The zero-order valence-corrected chi connectivity index (χ0v) is 12.8. The van der Waals surface area contributed by atoms with Crippen LogP contribution in [0.4, 0.5) is 0 Å². The molecular formula is C18H25N3. The van der Waals surface area contributed by atoms with E-state index in [0.717, 1.165) is 6.54 Å². The molecule has 1 unspecified atom stereocenters. The van der Waals surface area contributed by atoms with Crippen LogP contribution in [0.5, 0.6) is 0 Å². The van der Waals surface area contributed by atoms with Crippen molar-refractivity contribution in [3.8, 4) is 0 Å². The molecule has 1 fully saturated rings. The second-order valence-corrected chi connectivity index (χ2v) is 6.79. The average molecular weight is 283 g/mol. The molecule has 0 saturated carbocycles. The van der Waals surface area contributed by atoms with Crippen molar-refractivity contribution in [2.75, 3.05) is 19.6 Å². The summed E-state index contributed by atoms with van der Waals surface area (Å²) in [6.45, 7) is 5.49. The summed E-state index contributed by atoms with van der Waals surface area (Å²) >= 11 is 0. The van der Waals surface area contributed by atoms with Crippen molar-refractivity contribution in [1.82, 2.24) is 9.88 Å². The van der Waals surface area contributed by atoms with Gasteiger partial charge in [-0.15, -0.1) is 0 Å². The number of benzene rings is 1. The normalized spacial score (nSPS) is 28.8. The summed E-state index contributed by atoms with van der Waals surface area (Å²) in [4.78, 5) is 6.17. The molecule has 2 aromatic rings. The van der Waals surface area contributed by atoms with Gasteiger partial charge in [0, 0.05) is 35.6 Å². The van der Waals surface area contributed by atoms with E-state index in [2.05, 4.69) is 41.2 Å². The molecule has 1 aliphatic carbocycles. The van der Waals surface area contributed by atoms with Crippen molar-refractivity contribution in [2.45, 2.75) is 38.1 Å². The number of nitrogens with two attached hydrogens (primary N) is 1. The first-order chi connectivity index (χ1) is 10.3. The molecule has 2 aliphatic rings. The number of aromatic nitrogens is 1. The maximum Gasteiger partial charge on any atom is 0.0459 e. The molecule has 1 aliphatic heterocycles. The van der Waals surface area contributed by atoms with Crippen LogP contribution in [0.1, 0.15) is 36.8 Å². The lowest BCUT2D eigenvalue weighted by Gasteiger charge is -2.47. The Labute approximate surface area is 126 Å². The number of H-pyrrole nitrogens is 1. The maximum absolute atomic E-state index is 6.02. The summed E-state index contributed by atoms with van der Waals surface area (Å²) in [6, 6.07) is 7.42. The first-order valence-corrected chi connectivity index (χ1v) is 8.34. The standard InChI is InChI=1S/C18H25N3/c1-2-6-21-11-12(9-19)7-15-14-4-3-5-16-18(14)13(10-20-16)8-17(15)21/h3-5,10,12,15,17,20H,2,6-9,11,19H2,1H3/t12?,15-,17-/m1/s1. The summed E-state index contributed by atoms with van der Waals surface area (Å²) in [5, 5.41) is 1.49. The van der Waals surface area contributed by atoms with Crippen LogP contribution in [0.3, 0.4) is 0 Å². The first-order valence-electron chi connectivity index (χ1n) is 8.34. The van der Waals surface area contributed by atoms with Gasteiger partial charge in [-0.05, 0) is 55.5 Å². The zero-order valence-electron chi connectivity index (χ0n) is 12.8. The minimum absolute atomic E-state index is 0.647. The van der Waals surface area contributed by atoms with E-state index in [0.29, 0.717) is 17.9 Å². The molecule has 1 aromatic heterocycles. The number of aromatic amines is 1. The number of piperidine rings is 1. The maximum atomic E-state index is 6.02. The molecular weight excluding hydrogens is 258 g/mol. The molecule has 4 rings (SSSR count). The first kappa shape index (κ1) is 13.4. The Morgan fingerprint density at radius 1 is 1.38 bits per heavy atom. The van der Waals surface area contributed by atoms with Crippen LogP contribution in [0.2, 0.25) is 0 Å². The van der Waals surface area contributed by atoms with Crippen LogP contribution in [-0.4, -0.2) is 35.6 Å². The molecule has 0 amide bonds. The van der Waals surface area contributed by atoms with E-state index in [1.54, 1.807) is 5.56 Å². The molecule has 0 bridgehead atoms. The highest BCUT2D eigenvalue weighted by molar-refractivity contribution is 5.88. The summed E-state index contributed by atoms with van der Waals surface area (Å²) in [5.41, 5.74) is 10.4. The second-order valence-electron chi connectivity index (χ2n) is 6.79. The molecule has 3 N–H and O–H groups in total. The Morgan fingerprint density at radius 3 is 3.10 bits per heavy atom. The monoisotopic (exact) mass is 283 g/mol. The Morgan fingerprint density at radius 2 is 2.29 bits per heavy atom. The number of hydrogen-bond donors (Lipinski definition) is 2. The van der Waals surface area contributed by atoms with Gasteiger partial charge in [0.1, 0.15) is 0 Å². The van der Waals surface area contributed by atoms with Crippen molar-refractivity contribution in [2.24, 2.45) is 11.7 Å². The molecule has 0 spiro atoms.